The first kappa shape index (κ1) is 20.6. The predicted molar refractivity (Wildman–Crippen MR) is 122 cm³/mol. The normalized spacial score (nSPS) is 11.0. The minimum absolute atomic E-state index is 0.486. The molecule has 8 nitrogen and oxygen atoms in total. The highest BCUT2D eigenvalue weighted by Crippen LogP contribution is 2.33. The molecule has 8 heteroatoms. The molecule has 0 radical (unpaired) electrons. The number of hydrogen-bond acceptors (Lipinski definition) is 7. The van der Waals surface area contributed by atoms with Crippen molar-refractivity contribution < 1.29 is 9.47 Å². The Morgan fingerprint density at radius 2 is 1.74 bits per heavy atom. The summed E-state index contributed by atoms with van der Waals surface area (Å²) in [6.45, 7) is 3.97. The number of aryl methyl sites for hydroxylation is 1. The van der Waals surface area contributed by atoms with Gasteiger partial charge < -0.3 is 20.1 Å². The number of aromatic nitrogens is 4. The van der Waals surface area contributed by atoms with Gasteiger partial charge in [-0.25, -0.2) is 4.98 Å². The summed E-state index contributed by atoms with van der Waals surface area (Å²) in [5.74, 6) is 1.43. The fourth-order valence-corrected chi connectivity index (χ4v) is 3.46. The SMILES string of the molecule is CCn1cc(-c2cnc3ccc(N(CCN)c4cc(OC)cc(OC)c4)cc3n2)cn1. The Morgan fingerprint density at radius 3 is 2.39 bits per heavy atom. The lowest BCUT2D eigenvalue weighted by Crippen LogP contribution is -2.24. The van der Waals surface area contributed by atoms with Crippen molar-refractivity contribution in [3.63, 3.8) is 0 Å². The molecule has 4 aromatic rings. The van der Waals surface area contributed by atoms with Crippen molar-refractivity contribution in [3.05, 3.63) is 55.0 Å². The quantitative estimate of drug-likeness (QED) is 0.467. The second-order valence-corrected chi connectivity index (χ2v) is 7.02. The number of nitrogens with zero attached hydrogens (tertiary/aromatic N) is 5. The molecule has 0 bridgehead atoms. The molecular weight excluding hydrogens is 392 g/mol. The van der Waals surface area contributed by atoms with Crippen LogP contribution >= 0.6 is 0 Å². The summed E-state index contributed by atoms with van der Waals surface area (Å²) in [6, 6.07) is 11.8. The van der Waals surface area contributed by atoms with E-state index in [1.54, 1.807) is 20.4 Å². The molecule has 2 aromatic heterocycles. The monoisotopic (exact) mass is 418 g/mol. The summed E-state index contributed by atoms with van der Waals surface area (Å²) >= 11 is 0. The fraction of sp³-hybridized carbons (Fsp3) is 0.261. The van der Waals surface area contributed by atoms with Gasteiger partial charge in [-0.2, -0.15) is 5.10 Å². The summed E-state index contributed by atoms with van der Waals surface area (Å²) in [5, 5.41) is 4.34. The van der Waals surface area contributed by atoms with E-state index in [0.29, 0.717) is 24.6 Å². The van der Waals surface area contributed by atoms with Crippen LogP contribution in [0.2, 0.25) is 0 Å². The third-order valence-electron chi connectivity index (χ3n) is 5.09. The average Bonchev–Trinajstić information content (AvgIpc) is 3.31. The lowest BCUT2D eigenvalue weighted by molar-refractivity contribution is 0.394. The third kappa shape index (κ3) is 4.29. The van der Waals surface area contributed by atoms with Crippen molar-refractivity contribution in [2.45, 2.75) is 13.5 Å². The van der Waals surface area contributed by atoms with Crippen LogP contribution in [-0.2, 0) is 6.54 Å². The molecule has 0 unspecified atom stereocenters. The topological polar surface area (TPSA) is 91.3 Å². The van der Waals surface area contributed by atoms with E-state index >= 15 is 0 Å². The van der Waals surface area contributed by atoms with Gasteiger partial charge in [-0.3, -0.25) is 9.67 Å². The molecule has 0 spiro atoms. The van der Waals surface area contributed by atoms with E-state index in [4.69, 9.17) is 20.2 Å². The van der Waals surface area contributed by atoms with Crippen molar-refractivity contribution in [2.24, 2.45) is 5.73 Å². The molecule has 0 aliphatic rings. The van der Waals surface area contributed by atoms with Crippen LogP contribution < -0.4 is 20.1 Å². The molecule has 0 atom stereocenters. The van der Waals surface area contributed by atoms with Gasteiger partial charge in [0.25, 0.3) is 0 Å². The molecule has 0 saturated heterocycles. The largest absolute Gasteiger partial charge is 0.497 e. The molecule has 4 rings (SSSR count). The zero-order valence-electron chi connectivity index (χ0n) is 17.9. The van der Waals surface area contributed by atoms with Crippen LogP contribution in [0.5, 0.6) is 11.5 Å². The van der Waals surface area contributed by atoms with E-state index in [1.807, 2.05) is 53.5 Å². The first-order chi connectivity index (χ1) is 15.1. The Bertz CT molecular complexity index is 1170. The standard InChI is InChI=1S/C23H26N6O2/c1-4-28-15-16(13-26-28)23-14-25-21-6-5-17(11-22(21)27-23)29(8-7-24)18-9-19(30-2)12-20(10-18)31-3/h5-6,9-15H,4,7-8,24H2,1-3H3. The molecule has 0 aliphatic heterocycles. The van der Waals surface area contributed by atoms with Gasteiger partial charge >= 0.3 is 0 Å². The first-order valence-electron chi connectivity index (χ1n) is 10.2. The summed E-state index contributed by atoms with van der Waals surface area (Å²) < 4.78 is 12.8. The van der Waals surface area contributed by atoms with Gasteiger partial charge in [0.15, 0.2) is 0 Å². The highest BCUT2D eigenvalue weighted by atomic mass is 16.5. The molecule has 31 heavy (non-hydrogen) atoms. The Kier molecular flexibility index (Phi) is 5.99. The number of ether oxygens (including phenoxy) is 2. The van der Waals surface area contributed by atoms with Gasteiger partial charge in [0, 0.05) is 61.0 Å². The van der Waals surface area contributed by atoms with Gasteiger partial charge in [0.2, 0.25) is 0 Å². The van der Waals surface area contributed by atoms with Gasteiger partial charge in [-0.15, -0.1) is 0 Å². The lowest BCUT2D eigenvalue weighted by Gasteiger charge is -2.25. The second-order valence-electron chi connectivity index (χ2n) is 7.02. The summed E-state index contributed by atoms with van der Waals surface area (Å²) in [7, 11) is 3.28. The Hall–Kier alpha value is -3.65. The number of hydrogen-bond donors (Lipinski definition) is 1. The average molecular weight is 419 g/mol. The van der Waals surface area contributed by atoms with Crippen LogP contribution in [0.15, 0.2) is 55.0 Å². The zero-order valence-corrected chi connectivity index (χ0v) is 17.9. The number of anilines is 2. The van der Waals surface area contributed by atoms with E-state index in [0.717, 1.165) is 40.2 Å². The molecule has 0 fully saturated rings. The van der Waals surface area contributed by atoms with Gasteiger partial charge in [-0.05, 0) is 25.1 Å². The number of nitrogens with two attached hydrogens (primary N) is 1. The van der Waals surface area contributed by atoms with Crippen molar-refractivity contribution in [1.29, 1.82) is 0 Å². The highest BCUT2D eigenvalue weighted by Gasteiger charge is 2.14. The van der Waals surface area contributed by atoms with Gasteiger partial charge in [0.1, 0.15) is 11.5 Å². The summed E-state index contributed by atoms with van der Waals surface area (Å²) in [6.07, 6.45) is 5.57. The summed E-state index contributed by atoms with van der Waals surface area (Å²) in [5.41, 5.74) is 11.2. The van der Waals surface area contributed by atoms with E-state index < -0.39 is 0 Å². The van der Waals surface area contributed by atoms with Gasteiger partial charge in [-0.1, -0.05) is 0 Å². The van der Waals surface area contributed by atoms with E-state index in [1.165, 1.54) is 0 Å². The third-order valence-corrected chi connectivity index (χ3v) is 5.09. The fourth-order valence-electron chi connectivity index (χ4n) is 3.46. The van der Waals surface area contributed by atoms with Crippen molar-refractivity contribution >= 4 is 22.4 Å². The molecule has 2 aromatic carbocycles. The minimum Gasteiger partial charge on any atom is -0.497 e. The van der Waals surface area contributed by atoms with Crippen LogP contribution in [-0.4, -0.2) is 47.1 Å². The number of methoxy groups -OCH3 is 2. The Balaban J connectivity index is 1.77. The van der Waals surface area contributed by atoms with Crippen LogP contribution in [0, 0.1) is 0 Å². The van der Waals surface area contributed by atoms with Crippen LogP contribution in [0.4, 0.5) is 11.4 Å². The Labute approximate surface area is 181 Å². The van der Waals surface area contributed by atoms with Crippen LogP contribution in [0.25, 0.3) is 22.3 Å². The molecule has 0 amide bonds. The first-order valence-corrected chi connectivity index (χ1v) is 10.2. The van der Waals surface area contributed by atoms with Crippen molar-refractivity contribution in [3.8, 4) is 22.8 Å². The molecule has 160 valence electrons. The lowest BCUT2D eigenvalue weighted by atomic mass is 10.2. The number of fused-ring (bicyclic) bond motifs is 1. The van der Waals surface area contributed by atoms with Crippen LogP contribution in [0.1, 0.15) is 6.92 Å². The second kappa shape index (κ2) is 9.01. The molecule has 2 heterocycles. The maximum Gasteiger partial charge on any atom is 0.124 e. The van der Waals surface area contributed by atoms with E-state index in [2.05, 4.69) is 21.9 Å². The van der Waals surface area contributed by atoms with Crippen LogP contribution in [0.3, 0.4) is 0 Å². The number of rotatable bonds is 8. The maximum atomic E-state index is 5.93. The highest BCUT2D eigenvalue weighted by molar-refractivity contribution is 5.82. The molecule has 0 aliphatic carbocycles. The number of benzene rings is 2. The van der Waals surface area contributed by atoms with Crippen molar-refractivity contribution in [1.82, 2.24) is 19.7 Å². The zero-order chi connectivity index (χ0) is 21.8. The molecular formula is C23H26N6O2. The molecule has 2 N–H and O–H groups in total. The minimum atomic E-state index is 0.486. The van der Waals surface area contributed by atoms with Crippen molar-refractivity contribution in [2.75, 3.05) is 32.2 Å². The van der Waals surface area contributed by atoms with E-state index in [-0.39, 0.29) is 0 Å². The van der Waals surface area contributed by atoms with Gasteiger partial charge in [0.05, 0.1) is 43.3 Å². The maximum absolute atomic E-state index is 5.93. The smallest absolute Gasteiger partial charge is 0.124 e. The molecule has 0 saturated carbocycles. The van der Waals surface area contributed by atoms with E-state index in [9.17, 15) is 0 Å². The Morgan fingerprint density at radius 1 is 0.968 bits per heavy atom. The summed E-state index contributed by atoms with van der Waals surface area (Å²) in [4.78, 5) is 11.5. The predicted octanol–water partition coefficient (Wildman–Crippen LogP) is 3.63.